The second-order valence-corrected chi connectivity index (χ2v) is 4.76. The van der Waals surface area contributed by atoms with Crippen LogP contribution >= 0.6 is 23.2 Å². The molecule has 6 heteroatoms. The summed E-state index contributed by atoms with van der Waals surface area (Å²) >= 11 is 12.0. The van der Waals surface area contributed by atoms with Gasteiger partial charge in [-0.2, -0.15) is 0 Å². The lowest BCUT2D eigenvalue weighted by Crippen LogP contribution is -1.97. The molecule has 2 heterocycles. The van der Waals surface area contributed by atoms with Crippen molar-refractivity contribution in [2.75, 3.05) is 5.32 Å². The number of nitrogens with zero attached hydrogens (tertiary/aromatic N) is 2. The average molecular weight is 296 g/mol. The normalized spacial score (nSPS) is 10.9. The summed E-state index contributed by atoms with van der Waals surface area (Å²) in [5.41, 5.74) is 1.25. The molecule has 96 valence electrons. The average Bonchev–Trinajstić information content (AvgIpc) is 2.77. The maximum atomic E-state index is 13.1. The highest BCUT2D eigenvalue weighted by Crippen LogP contribution is 2.33. The Morgan fingerprint density at radius 2 is 1.89 bits per heavy atom. The van der Waals surface area contributed by atoms with Crippen LogP contribution in [-0.2, 0) is 0 Å². The summed E-state index contributed by atoms with van der Waals surface area (Å²) in [5.74, 6) is 0.227. The van der Waals surface area contributed by atoms with Crippen molar-refractivity contribution in [1.82, 2.24) is 9.38 Å². The minimum Gasteiger partial charge on any atom is -0.338 e. The number of aromatic nitrogens is 2. The molecule has 0 radical (unpaired) electrons. The van der Waals surface area contributed by atoms with E-state index in [0.717, 1.165) is 5.65 Å². The number of rotatable bonds is 2. The molecule has 0 aliphatic rings. The predicted molar refractivity (Wildman–Crippen MR) is 74.9 cm³/mol. The summed E-state index contributed by atoms with van der Waals surface area (Å²) in [4.78, 5) is 4.23. The third kappa shape index (κ3) is 2.25. The second-order valence-electron chi connectivity index (χ2n) is 3.94. The standard InChI is InChI=1S/C13H8Cl2FN3/c14-9-5-8(16)6-10(15)13(9)18-12-7-17-11-3-1-2-4-19(11)12/h1-7,18H. The summed E-state index contributed by atoms with van der Waals surface area (Å²) in [6.45, 7) is 0. The van der Waals surface area contributed by atoms with Crippen LogP contribution < -0.4 is 5.32 Å². The third-order valence-electron chi connectivity index (χ3n) is 2.68. The number of fused-ring (bicyclic) bond motifs is 1. The summed E-state index contributed by atoms with van der Waals surface area (Å²) in [7, 11) is 0. The topological polar surface area (TPSA) is 29.3 Å². The molecule has 0 amide bonds. The van der Waals surface area contributed by atoms with E-state index < -0.39 is 5.82 Å². The van der Waals surface area contributed by atoms with Crippen LogP contribution in [0.2, 0.25) is 10.0 Å². The summed E-state index contributed by atoms with van der Waals surface area (Å²) in [6, 6.07) is 8.06. The number of imidazole rings is 1. The van der Waals surface area contributed by atoms with E-state index in [4.69, 9.17) is 23.2 Å². The Morgan fingerprint density at radius 1 is 1.16 bits per heavy atom. The number of anilines is 2. The van der Waals surface area contributed by atoms with Gasteiger partial charge in [-0.1, -0.05) is 29.3 Å². The van der Waals surface area contributed by atoms with E-state index in [1.54, 1.807) is 6.20 Å². The smallest absolute Gasteiger partial charge is 0.138 e. The van der Waals surface area contributed by atoms with Crippen LogP contribution in [0.1, 0.15) is 0 Å². The number of hydrogen-bond acceptors (Lipinski definition) is 2. The fourth-order valence-corrected chi connectivity index (χ4v) is 2.37. The number of nitrogens with one attached hydrogen (secondary N) is 1. The largest absolute Gasteiger partial charge is 0.338 e. The molecule has 0 unspecified atom stereocenters. The van der Waals surface area contributed by atoms with Gasteiger partial charge in [0, 0.05) is 6.20 Å². The van der Waals surface area contributed by atoms with E-state index in [1.165, 1.54) is 12.1 Å². The second kappa shape index (κ2) is 4.72. The van der Waals surface area contributed by atoms with Crippen molar-refractivity contribution in [2.24, 2.45) is 0 Å². The molecule has 3 rings (SSSR count). The van der Waals surface area contributed by atoms with Gasteiger partial charge < -0.3 is 5.32 Å². The molecule has 19 heavy (non-hydrogen) atoms. The van der Waals surface area contributed by atoms with Crippen molar-refractivity contribution in [2.45, 2.75) is 0 Å². The summed E-state index contributed by atoms with van der Waals surface area (Å²) in [6.07, 6.45) is 3.52. The molecular formula is C13H8Cl2FN3. The van der Waals surface area contributed by atoms with Crippen LogP contribution in [0.3, 0.4) is 0 Å². The van der Waals surface area contributed by atoms with Crippen molar-refractivity contribution in [1.29, 1.82) is 0 Å². The van der Waals surface area contributed by atoms with Gasteiger partial charge in [-0.25, -0.2) is 9.37 Å². The number of halogens is 3. The van der Waals surface area contributed by atoms with Gasteiger partial charge in [0.2, 0.25) is 0 Å². The molecule has 0 spiro atoms. The van der Waals surface area contributed by atoms with Gasteiger partial charge in [0.1, 0.15) is 17.3 Å². The van der Waals surface area contributed by atoms with Crippen molar-refractivity contribution < 1.29 is 4.39 Å². The van der Waals surface area contributed by atoms with E-state index in [2.05, 4.69) is 10.3 Å². The van der Waals surface area contributed by atoms with E-state index in [1.807, 2.05) is 28.8 Å². The summed E-state index contributed by atoms with van der Waals surface area (Å²) in [5, 5.41) is 3.50. The van der Waals surface area contributed by atoms with Crippen molar-refractivity contribution in [3.8, 4) is 0 Å². The highest BCUT2D eigenvalue weighted by molar-refractivity contribution is 6.39. The van der Waals surface area contributed by atoms with Crippen molar-refractivity contribution in [3.63, 3.8) is 0 Å². The Hall–Kier alpha value is -1.78. The fourth-order valence-electron chi connectivity index (χ4n) is 1.81. The zero-order chi connectivity index (χ0) is 13.4. The molecule has 0 atom stereocenters. The lowest BCUT2D eigenvalue weighted by Gasteiger charge is -2.10. The molecule has 0 fully saturated rings. The van der Waals surface area contributed by atoms with Crippen LogP contribution in [0, 0.1) is 5.82 Å². The molecule has 0 saturated heterocycles. The quantitative estimate of drug-likeness (QED) is 0.753. The molecule has 2 aromatic heterocycles. The van der Waals surface area contributed by atoms with Gasteiger partial charge in [0.15, 0.2) is 0 Å². The van der Waals surface area contributed by atoms with Gasteiger partial charge in [0.25, 0.3) is 0 Å². The molecule has 3 aromatic rings. The van der Waals surface area contributed by atoms with Gasteiger partial charge >= 0.3 is 0 Å². The first-order valence-electron chi connectivity index (χ1n) is 5.49. The minimum absolute atomic E-state index is 0.218. The zero-order valence-corrected chi connectivity index (χ0v) is 11.1. The number of pyridine rings is 1. The van der Waals surface area contributed by atoms with Gasteiger partial charge in [-0.05, 0) is 24.3 Å². The van der Waals surface area contributed by atoms with Crippen LogP contribution in [0.5, 0.6) is 0 Å². The SMILES string of the molecule is Fc1cc(Cl)c(Nc2cnc3ccccn23)c(Cl)c1. The maximum absolute atomic E-state index is 13.1. The maximum Gasteiger partial charge on any atom is 0.138 e. The first kappa shape index (κ1) is 12.3. The molecule has 0 aliphatic carbocycles. The number of benzene rings is 1. The molecule has 1 N–H and O–H groups in total. The molecule has 0 bridgehead atoms. The highest BCUT2D eigenvalue weighted by atomic mass is 35.5. The van der Waals surface area contributed by atoms with Crippen LogP contribution in [-0.4, -0.2) is 9.38 Å². The monoisotopic (exact) mass is 295 g/mol. The van der Waals surface area contributed by atoms with Crippen LogP contribution in [0.4, 0.5) is 15.9 Å². The molecule has 3 nitrogen and oxygen atoms in total. The van der Waals surface area contributed by atoms with E-state index in [-0.39, 0.29) is 10.0 Å². The minimum atomic E-state index is -0.473. The summed E-state index contributed by atoms with van der Waals surface area (Å²) < 4.78 is 15.0. The lowest BCUT2D eigenvalue weighted by molar-refractivity contribution is 0.628. The van der Waals surface area contributed by atoms with E-state index >= 15 is 0 Å². The highest BCUT2D eigenvalue weighted by Gasteiger charge is 2.11. The Bertz CT molecular complexity index is 731. The van der Waals surface area contributed by atoms with Gasteiger partial charge in [0.05, 0.1) is 21.9 Å². The Labute approximate surface area is 118 Å². The third-order valence-corrected chi connectivity index (χ3v) is 3.27. The van der Waals surface area contributed by atoms with Gasteiger partial charge in [-0.3, -0.25) is 4.40 Å². The predicted octanol–water partition coefficient (Wildman–Crippen LogP) is 4.52. The van der Waals surface area contributed by atoms with Crippen LogP contribution in [0.25, 0.3) is 5.65 Å². The molecule has 0 aliphatic heterocycles. The fraction of sp³-hybridized carbons (Fsp3) is 0. The number of hydrogen-bond donors (Lipinski definition) is 1. The van der Waals surface area contributed by atoms with Crippen molar-refractivity contribution in [3.05, 3.63) is 58.6 Å². The van der Waals surface area contributed by atoms with Crippen LogP contribution in [0.15, 0.2) is 42.7 Å². The van der Waals surface area contributed by atoms with E-state index in [0.29, 0.717) is 11.5 Å². The Kier molecular flexibility index (Phi) is 3.05. The lowest BCUT2D eigenvalue weighted by atomic mass is 10.3. The molecule has 1 aromatic carbocycles. The first-order chi connectivity index (χ1) is 9.15. The van der Waals surface area contributed by atoms with E-state index in [9.17, 15) is 4.39 Å². The van der Waals surface area contributed by atoms with Gasteiger partial charge in [-0.15, -0.1) is 0 Å². The zero-order valence-electron chi connectivity index (χ0n) is 9.57. The Morgan fingerprint density at radius 3 is 2.63 bits per heavy atom. The van der Waals surface area contributed by atoms with Crippen molar-refractivity contribution >= 4 is 40.4 Å². The molecular weight excluding hydrogens is 288 g/mol. The molecule has 0 saturated carbocycles. The Balaban J connectivity index is 2.06. The first-order valence-corrected chi connectivity index (χ1v) is 6.24.